The molecule has 3 fully saturated rings. The molecule has 0 aliphatic carbocycles. The van der Waals surface area contributed by atoms with Crippen molar-refractivity contribution >= 4 is 5.91 Å². The fraction of sp³-hybridized carbons (Fsp3) is 0.524. The molecule has 26 heavy (non-hydrogen) atoms. The number of nitrogens with zero attached hydrogens (tertiary/aromatic N) is 3. The predicted octanol–water partition coefficient (Wildman–Crippen LogP) is 3.29. The van der Waals surface area contributed by atoms with Gasteiger partial charge in [-0.05, 0) is 37.6 Å². The van der Waals surface area contributed by atoms with Gasteiger partial charge >= 0.3 is 0 Å². The molecule has 3 aliphatic rings. The fourth-order valence-electron chi connectivity index (χ4n) is 5.29. The van der Waals surface area contributed by atoms with Crippen LogP contribution in [0.2, 0.25) is 0 Å². The van der Waals surface area contributed by atoms with Gasteiger partial charge in [-0.1, -0.05) is 41.9 Å². The van der Waals surface area contributed by atoms with E-state index in [9.17, 15) is 4.79 Å². The molecule has 3 atom stereocenters. The number of fused-ring (bicyclic) bond motifs is 4. The molecule has 1 aromatic carbocycles. The van der Waals surface area contributed by atoms with Crippen LogP contribution in [0.1, 0.15) is 36.0 Å². The van der Waals surface area contributed by atoms with Crippen molar-refractivity contribution in [2.45, 2.75) is 31.7 Å². The Morgan fingerprint density at radius 2 is 2.00 bits per heavy atom. The molecule has 2 bridgehead atoms. The lowest BCUT2D eigenvalue weighted by atomic mass is 9.76. The van der Waals surface area contributed by atoms with Crippen molar-refractivity contribution in [2.75, 3.05) is 26.2 Å². The average Bonchev–Trinajstić information content (AvgIpc) is 3.18. The summed E-state index contributed by atoms with van der Waals surface area (Å²) in [6.45, 7) is 4.13. The van der Waals surface area contributed by atoms with E-state index in [1.54, 1.807) is 6.20 Å². The second-order valence-electron chi connectivity index (χ2n) is 8.06. The van der Waals surface area contributed by atoms with Crippen molar-refractivity contribution in [1.82, 2.24) is 15.0 Å². The summed E-state index contributed by atoms with van der Waals surface area (Å²) in [4.78, 5) is 18.0. The maximum Gasteiger partial charge on any atom is 0.259 e. The molecule has 5 nitrogen and oxygen atoms in total. The largest absolute Gasteiger partial charge is 0.355 e. The zero-order chi connectivity index (χ0) is 17.5. The summed E-state index contributed by atoms with van der Waals surface area (Å²) in [7, 11) is 0. The number of hydrogen-bond acceptors (Lipinski definition) is 4. The highest BCUT2D eigenvalue weighted by atomic mass is 16.5. The van der Waals surface area contributed by atoms with Crippen molar-refractivity contribution < 1.29 is 9.32 Å². The van der Waals surface area contributed by atoms with Crippen LogP contribution in [-0.4, -0.2) is 53.1 Å². The van der Waals surface area contributed by atoms with E-state index in [0.717, 1.165) is 25.2 Å². The summed E-state index contributed by atoms with van der Waals surface area (Å²) < 4.78 is 5.44. The normalized spacial score (nSPS) is 28.6. The van der Waals surface area contributed by atoms with Crippen molar-refractivity contribution in [2.24, 2.45) is 11.8 Å². The number of hydrogen-bond donors (Lipinski definition) is 0. The van der Waals surface area contributed by atoms with E-state index < -0.39 is 0 Å². The average molecular weight is 351 g/mol. The number of aromatic nitrogens is 1. The van der Waals surface area contributed by atoms with Gasteiger partial charge < -0.3 is 9.42 Å². The molecule has 1 amide bonds. The van der Waals surface area contributed by atoms with E-state index in [2.05, 4.69) is 15.0 Å². The van der Waals surface area contributed by atoms with Gasteiger partial charge in [0.2, 0.25) is 0 Å². The van der Waals surface area contributed by atoms with Gasteiger partial charge in [-0.25, -0.2) is 0 Å². The molecule has 1 aromatic heterocycles. The number of carbonyl (C=O) groups is 1. The molecular formula is C21H25N3O2. The zero-order valence-electron chi connectivity index (χ0n) is 15.0. The molecular weight excluding hydrogens is 326 g/mol. The Balaban J connectivity index is 1.38. The minimum atomic E-state index is 0.0732. The Kier molecular flexibility index (Phi) is 4.04. The van der Waals surface area contributed by atoms with Crippen LogP contribution in [0.25, 0.3) is 11.3 Å². The van der Waals surface area contributed by atoms with Gasteiger partial charge in [0.05, 0.1) is 6.20 Å². The van der Waals surface area contributed by atoms with Crippen LogP contribution in [0.5, 0.6) is 0 Å². The van der Waals surface area contributed by atoms with Crippen molar-refractivity contribution in [3.8, 4) is 11.3 Å². The van der Waals surface area contributed by atoms with E-state index in [4.69, 9.17) is 4.52 Å². The van der Waals surface area contributed by atoms with Crippen LogP contribution in [-0.2, 0) is 0 Å². The minimum absolute atomic E-state index is 0.0732. The Morgan fingerprint density at radius 1 is 1.12 bits per heavy atom. The molecule has 0 unspecified atom stereocenters. The molecule has 136 valence electrons. The Morgan fingerprint density at radius 3 is 2.88 bits per heavy atom. The van der Waals surface area contributed by atoms with Gasteiger partial charge in [-0.3, -0.25) is 9.69 Å². The van der Waals surface area contributed by atoms with Gasteiger partial charge in [0.15, 0.2) is 5.76 Å². The molecule has 4 heterocycles. The lowest BCUT2D eigenvalue weighted by molar-refractivity contribution is -0.0243. The van der Waals surface area contributed by atoms with E-state index in [0.29, 0.717) is 29.2 Å². The highest BCUT2D eigenvalue weighted by Gasteiger charge is 2.43. The fourth-order valence-corrected chi connectivity index (χ4v) is 5.29. The van der Waals surface area contributed by atoms with Crippen LogP contribution in [0.3, 0.4) is 0 Å². The topological polar surface area (TPSA) is 49.6 Å². The third-order valence-corrected chi connectivity index (χ3v) is 6.39. The number of rotatable bonds is 2. The van der Waals surface area contributed by atoms with Gasteiger partial charge in [0.25, 0.3) is 5.91 Å². The first kappa shape index (κ1) is 16.1. The number of amides is 1. The maximum atomic E-state index is 13.3. The van der Waals surface area contributed by atoms with Gasteiger partial charge in [-0.15, -0.1) is 0 Å². The highest BCUT2D eigenvalue weighted by molar-refractivity contribution is 5.99. The van der Waals surface area contributed by atoms with Crippen molar-refractivity contribution in [1.29, 1.82) is 0 Å². The zero-order valence-corrected chi connectivity index (χ0v) is 15.0. The second-order valence-corrected chi connectivity index (χ2v) is 8.06. The maximum absolute atomic E-state index is 13.3. The highest BCUT2D eigenvalue weighted by Crippen LogP contribution is 2.38. The van der Waals surface area contributed by atoms with E-state index >= 15 is 0 Å². The summed E-state index contributed by atoms with van der Waals surface area (Å²) >= 11 is 0. The summed E-state index contributed by atoms with van der Waals surface area (Å²) in [6.07, 6.45) is 6.82. The van der Waals surface area contributed by atoms with E-state index in [1.807, 2.05) is 30.3 Å². The van der Waals surface area contributed by atoms with Crippen molar-refractivity contribution in [3.05, 3.63) is 42.1 Å². The van der Waals surface area contributed by atoms with Crippen molar-refractivity contribution in [3.63, 3.8) is 0 Å². The molecule has 5 heteroatoms. The van der Waals surface area contributed by atoms with E-state index in [1.165, 1.54) is 32.2 Å². The third-order valence-electron chi connectivity index (χ3n) is 6.39. The van der Waals surface area contributed by atoms with Gasteiger partial charge in [0, 0.05) is 31.2 Å². The summed E-state index contributed by atoms with van der Waals surface area (Å²) in [5.41, 5.74) is 1.50. The second kappa shape index (κ2) is 6.54. The monoisotopic (exact) mass is 351 g/mol. The van der Waals surface area contributed by atoms with Crippen LogP contribution in [0, 0.1) is 11.8 Å². The lowest BCUT2D eigenvalue weighted by Crippen LogP contribution is -2.59. The molecule has 0 saturated carbocycles. The molecule has 0 radical (unpaired) electrons. The smallest absolute Gasteiger partial charge is 0.259 e. The molecule has 3 aliphatic heterocycles. The number of benzene rings is 1. The molecule has 0 spiro atoms. The first-order valence-corrected chi connectivity index (χ1v) is 9.83. The Hall–Kier alpha value is -2.14. The first-order valence-electron chi connectivity index (χ1n) is 9.83. The summed E-state index contributed by atoms with van der Waals surface area (Å²) in [6, 6.07) is 10.5. The Labute approximate surface area is 153 Å². The summed E-state index contributed by atoms with van der Waals surface area (Å²) in [5, 5.41) is 3.92. The predicted molar refractivity (Wildman–Crippen MR) is 98.7 cm³/mol. The SMILES string of the molecule is O=C(c1cnoc1-c1ccccc1)N1C[C@@H]2C[C@H](C1)[C@@H]1CCCCN1C2. The molecule has 2 aromatic rings. The van der Waals surface area contributed by atoms with Gasteiger partial charge in [-0.2, -0.15) is 0 Å². The van der Waals surface area contributed by atoms with Crippen LogP contribution >= 0.6 is 0 Å². The molecule has 5 rings (SSSR count). The number of carbonyl (C=O) groups excluding carboxylic acids is 1. The van der Waals surface area contributed by atoms with E-state index in [-0.39, 0.29) is 5.91 Å². The summed E-state index contributed by atoms with van der Waals surface area (Å²) in [5.74, 6) is 1.88. The number of likely N-dealkylation sites (tertiary alicyclic amines) is 1. The third kappa shape index (κ3) is 2.75. The lowest BCUT2D eigenvalue weighted by Gasteiger charge is -2.52. The van der Waals surface area contributed by atoms with Crippen LogP contribution in [0.15, 0.2) is 41.1 Å². The van der Waals surface area contributed by atoms with Gasteiger partial charge in [0.1, 0.15) is 5.56 Å². The standard InChI is InChI=1S/C21H25N3O2/c25-21(18-11-22-26-20(18)16-6-2-1-3-7-16)24-13-15-10-17(14-24)19-8-4-5-9-23(19)12-15/h1-3,6-7,11,15,17,19H,4-5,8-10,12-14H2/t15-,17-,19+/m1/s1. The van der Waals surface area contributed by atoms with Crippen LogP contribution < -0.4 is 0 Å². The number of piperidine rings is 3. The molecule has 0 N–H and O–H groups in total. The molecule has 3 saturated heterocycles. The Bertz CT molecular complexity index is 788. The van der Waals surface area contributed by atoms with Crippen LogP contribution in [0.4, 0.5) is 0 Å². The quantitative estimate of drug-likeness (QED) is 0.833. The first-order chi connectivity index (χ1) is 12.8. The minimum Gasteiger partial charge on any atom is -0.355 e.